The summed E-state index contributed by atoms with van der Waals surface area (Å²) in [5.74, 6) is -0.559. The lowest BCUT2D eigenvalue weighted by molar-refractivity contribution is 0.100. The summed E-state index contributed by atoms with van der Waals surface area (Å²) in [6.07, 6.45) is 0.971. The third-order valence-electron chi connectivity index (χ3n) is 3.42. The van der Waals surface area contributed by atoms with Gasteiger partial charge in [-0.1, -0.05) is 30.7 Å². The molecule has 5 heteroatoms. The maximum absolute atomic E-state index is 11.6. The van der Waals surface area contributed by atoms with Crippen LogP contribution in [0.5, 0.6) is 0 Å². The number of benzene rings is 2. The molecule has 21 heavy (non-hydrogen) atoms. The molecule has 110 valence electrons. The highest BCUT2D eigenvalue weighted by Gasteiger charge is 2.18. The van der Waals surface area contributed by atoms with Gasteiger partial charge in [0.05, 0.1) is 16.3 Å². The molecular formula is C16H18ClN3O. The van der Waals surface area contributed by atoms with Crippen LogP contribution in [0.15, 0.2) is 36.4 Å². The zero-order chi connectivity index (χ0) is 15.6. The van der Waals surface area contributed by atoms with E-state index in [-0.39, 0.29) is 0 Å². The van der Waals surface area contributed by atoms with Gasteiger partial charge in [0, 0.05) is 18.4 Å². The topological polar surface area (TPSA) is 72.3 Å². The monoisotopic (exact) mass is 303 g/mol. The Bertz CT molecular complexity index is 668. The van der Waals surface area contributed by atoms with Crippen molar-refractivity contribution >= 4 is 34.6 Å². The smallest absolute Gasteiger partial charge is 0.250 e. The molecule has 0 radical (unpaired) electrons. The molecule has 0 spiro atoms. The molecule has 0 unspecified atom stereocenters. The Kier molecular flexibility index (Phi) is 4.38. The molecule has 2 aromatic rings. The molecule has 1 amide bonds. The Morgan fingerprint density at radius 2 is 1.86 bits per heavy atom. The molecule has 4 nitrogen and oxygen atoms in total. The lowest BCUT2D eigenvalue weighted by atomic mass is 10.1. The normalized spacial score (nSPS) is 10.4. The lowest BCUT2D eigenvalue weighted by Gasteiger charge is -2.23. The van der Waals surface area contributed by atoms with E-state index < -0.39 is 5.91 Å². The quantitative estimate of drug-likeness (QED) is 0.851. The number of aryl methyl sites for hydroxylation is 1. The zero-order valence-electron chi connectivity index (χ0n) is 12.1. The van der Waals surface area contributed by atoms with Crippen LogP contribution >= 0.6 is 11.6 Å². The second-order valence-corrected chi connectivity index (χ2v) is 5.25. The SMILES string of the molecule is CCc1ccc(N(C)c2c(Cl)cc(N)cc2C(N)=O)cc1. The summed E-state index contributed by atoms with van der Waals surface area (Å²) in [5, 5.41) is 0.394. The van der Waals surface area contributed by atoms with Gasteiger partial charge in [0.1, 0.15) is 0 Å². The number of nitrogen functional groups attached to an aromatic ring is 1. The molecule has 4 N–H and O–H groups in total. The van der Waals surface area contributed by atoms with Crippen molar-refractivity contribution in [1.29, 1.82) is 0 Å². The van der Waals surface area contributed by atoms with E-state index in [9.17, 15) is 4.79 Å². The van der Waals surface area contributed by atoms with Gasteiger partial charge in [-0.25, -0.2) is 0 Å². The van der Waals surface area contributed by atoms with Gasteiger partial charge in [0.2, 0.25) is 0 Å². The molecular weight excluding hydrogens is 286 g/mol. The number of nitrogens with zero attached hydrogens (tertiary/aromatic N) is 1. The van der Waals surface area contributed by atoms with Crippen molar-refractivity contribution < 1.29 is 4.79 Å². The molecule has 0 saturated heterocycles. The molecule has 0 aliphatic carbocycles. The number of primary amides is 1. The Hall–Kier alpha value is -2.20. The van der Waals surface area contributed by atoms with Gasteiger partial charge in [0.25, 0.3) is 5.91 Å². The van der Waals surface area contributed by atoms with Crippen LogP contribution in [-0.4, -0.2) is 13.0 Å². The van der Waals surface area contributed by atoms with Gasteiger partial charge in [-0.3, -0.25) is 4.79 Å². The Morgan fingerprint density at radius 3 is 2.38 bits per heavy atom. The largest absolute Gasteiger partial charge is 0.399 e. The van der Waals surface area contributed by atoms with Crippen LogP contribution in [0.2, 0.25) is 5.02 Å². The van der Waals surface area contributed by atoms with Crippen molar-refractivity contribution in [2.24, 2.45) is 5.73 Å². The third kappa shape index (κ3) is 3.11. The van der Waals surface area contributed by atoms with E-state index in [1.807, 2.05) is 36.2 Å². The van der Waals surface area contributed by atoms with Gasteiger partial charge in [-0.05, 0) is 36.2 Å². The second kappa shape index (κ2) is 6.06. The average Bonchev–Trinajstić information content (AvgIpc) is 2.46. The number of hydrogen-bond acceptors (Lipinski definition) is 3. The first kappa shape index (κ1) is 15.2. The molecule has 0 aliphatic rings. The van der Waals surface area contributed by atoms with Crippen molar-refractivity contribution in [3.63, 3.8) is 0 Å². The number of nitrogens with two attached hydrogens (primary N) is 2. The molecule has 0 aromatic heterocycles. The van der Waals surface area contributed by atoms with Gasteiger partial charge in [-0.15, -0.1) is 0 Å². The predicted molar refractivity (Wildman–Crippen MR) is 88.3 cm³/mol. The first-order valence-electron chi connectivity index (χ1n) is 6.65. The zero-order valence-corrected chi connectivity index (χ0v) is 12.8. The van der Waals surface area contributed by atoms with Crippen LogP contribution in [0.25, 0.3) is 0 Å². The Labute approximate surface area is 129 Å². The molecule has 0 heterocycles. The van der Waals surface area contributed by atoms with Crippen LogP contribution in [0, 0.1) is 0 Å². The summed E-state index contributed by atoms with van der Waals surface area (Å²) < 4.78 is 0. The van der Waals surface area contributed by atoms with Crippen molar-refractivity contribution in [3.05, 3.63) is 52.5 Å². The molecule has 0 bridgehead atoms. The highest BCUT2D eigenvalue weighted by Crippen LogP contribution is 2.35. The van der Waals surface area contributed by atoms with E-state index >= 15 is 0 Å². The van der Waals surface area contributed by atoms with Crippen LogP contribution < -0.4 is 16.4 Å². The van der Waals surface area contributed by atoms with E-state index in [0.717, 1.165) is 12.1 Å². The lowest BCUT2D eigenvalue weighted by Crippen LogP contribution is -2.19. The summed E-state index contributed by atoms with van der Waals surface area (Å²) in [6, 6.07) is 11.2. The molecule has 0 saturated carbocycles. The molecule has 2 aromatic carbocycles. The minimum atomic E-state index is -0.559. The van der Waals surface area contributed by atoms with Crippen molar-refractivity contribution in [2.45, 2.75) is 13.3 Å². The highest BCUT2D eigenvalue weighted by molar-refractivity contribution is 6.34. The van der Waals surface area contributed by atoms with E-state index in [4.69, 9.17) is 23.1 Å². The third-order valence-corrected chi connectivity index (χ3v) is 3.71. The number of anilines is 3. The highest BCUT2D eigenvalue weighted by atomic mass is 35.5. The van der Waals surface area contributed by atoms with E-state index in [2.05, 4.69) is 6.92 Å². The summed E-state index contributed by atoms with van der Waals surface area (Å²) >= 11 is 6.25. The first-order chi connectivity index (χ1) is 9.93. The van der Waals surface area contributed by atoms with Crippen molar-refractivity contribution in [2.75, 3.05) is 17.7 Å². The molecule has 2 rings (SSSR count). The van der Waals surface area contributed by atoms with Crippen LogP contribution in [0.4, 0.5) is 17.1 Å². The fourth-order valence-electron chi connectivity index (χ4n) is 2.23. The number of hydrogen-bond donors (Lipinski definition) is 2. The fourth-order valence-corrected chi connectivity index (χ4v) is 2.59. The van der Waals surface area contributed by atoms with Gasteiger partial charge < -0.3 is 16.4 Å². The minimum absolute atomic E-state index is 0.307. The average molecular weight is 304 g/mol. The Morgan fingerprint density at radius 1 is 1.24 bits per heavy atom. The maximum Gasteiger partial charge on any atom is 0.250 e. The van der Waals surface area contributed by atoms with Gasteiger partial charge in [0.15, 0.2) is 0 Å². The van der Waals surface area contributed by atoms with Gasteiger partial charge in [-0.2, -0.15) is 0 Å². The van der Waals surface area contributed by atoms with E-state index in [1.165, 1.54) is 5.56 Å². The standard InChI is InChI=1S/C16H18ClN3O/c1-3-10-4-6-12(7-5-10)20(2)15-13(16(19)21)8-11(18)9-14(15)17/h4-9H,3,18H2,1-2H3,(H2,19,21). The molecule has 0 atom stereocenters. The number of halogens is 1. The molecule has 0 aliphatic heterocycles. The van der Waals surface area contributed by atoms with Crippen LogP contribution in [0.1, 0.15) is 22.8 Å². The predicted octanol–water partition coefficient (Wildman–Crippen LogP) is 3.35. The first-order valence-corrected chi connectivity index (χ1v) is 7.03. The van der Waals surface area contributed by atoms with Crippen LogP contribution in [-0.2, 0) is 6.42 Å². The summed E-state index contributed by atoms with van der Waals surface area (Å²) in [5.41, 5.74) is 14.6. The van der Waals surface area contributed by atoms with Crippen molar-refractivity contribution in [1.82, 2.24) is 0 Å². The molecule has 0 fully saturated rings. The fraction of sp³-hybridized carbons (Fsp3) is 0.188. The number of carbonyl (C=O) groups excluding carboxylic acids is 1. The minimum Gasteiger partial charge on any atom is -0.399 e. The van der Waals surface area contributed by atoms with Gasteiger partial charge >= 0.3 is 0 Å². The number of carbonyl (C=O) groups is 1. The second-order valence-electron chi connectivity index (χ2n) is 4.84. The number of amides is 1. The van der Waals surface area contributed by atoms with Crippen LogP contribution in [0.3, 0.4) is 0 Å². The maximum atomic E-state index is 11.6. The Balaban J connectivity index is 2.51. The van der Waals surface area contributed by atoms with E-state index in [1.54, 1.807) is 12.1 Å². The summed E-state index contributed by atoms with van der Waals surface area (Å²) in [4.78, 5) is 13.5. The van der Waals surface area contributed by atoms with Crippen molar-refractivity contribution in [3.8, 4) is 0 Å². The summed E-state index contributed by atoms with van der Waals surface area (Å²) in [7, 11) is 1.84. The van der Waals surface area contributed by atoms with E-state index in [0.29, 0.717) is 22.0 Å². The number of rotatable bonds is 4. The summed E-state index contributed by atoms with van der Waals surface area (Å²) in [6.45, 7) is 2.10.